The number of hydrogen-bond donors (Lipinski definition) is 1. The number of anilines is 1. The fourth-order valence-corrected chi connectivity index (χ4v) is 2.88. The number of aromatic nitrogens is 3. The van der Waals surface area contributed by atoms with Crippen LogP contribution in [0.4, 0.5) is 5.69 Å². The molecule has 1 aliphatic heterocycles. The quantitative estimate of drug-likeness (QED) is 0.740. The van der Waals surface area contributed by atoms with Crippen molar-refractivity contribution < 1.29 is 9.59 Å². The Hall–Kier alpha value is -3.81. The van der Waals surface area contributed by atoms with Gasteiger partial charge in [-0.05, 0) is 29.8 Å². The van der Waals surface area contributed by atoms with E-state index in [1.165, 1.54) is 11.3 Å². The lowest BCUT2D eigenvalue weighted by Crippen LogP contribution is -2.38. The number of benzene rings is 2. The maximum Gasteiger partial charge on any atom is 0.267 e. The van der Waals surface area contributed by atoms with E-state index in [9.17, 15) is 9.59 Å². The van der Waals surface area contributed by atoms with Crippen molar-refractivity contribution in [1.82, 2.24) is 20.1 Å². The van der Waals surface area contributed by atoms with Crippen LogP contribution in [0, 0.1) is 0 Å². The van der Waals surface area contributed by atoms with Crippen molar-refractivity contribution in [2.75, 3.05) is 5.01 Å². The summed E-state index contributed by atoms with van der Waals surface area (Å²) in [6.07, 6.45) is 3.69. The average Bonchev–Trinajstić information content (AvgIpc) is 3.28. The summed E-state index contributed by atoms with van der Waals surface area (Å²) in [4.78, 5) is 28.6. The molecule has 0 fully saturated rings. The first-order valence-electron chi connectivity index (χ1n) is 8.88. The van der Waals surface area contributed by atoms with Crippen LogP contribution in [0.1, 0.15) is 18.4 Å². The summed E-state index contributed by atoms with van der Waals surface area (Å²) < 4.78 is 1.66. The number of nitrogens with zero attached hydrogens (tertiary/aromatic N) is 5. The van der Waals surface area contributed by atoms with Gasteiger partial charge in [0.25, 0.3) is 5.91 Å². The highest BCUT2D eigenvalue weighted by atomic mass is 16.2. The monoisotopic (exact) mass is 374 g/mol. The summed E-state index contributed by atoms with van der Waals surface area (Å²) in [6, 6.07) is 16.7. The first kappa shape index (κ1) is 17.6. The molecule has 4 rings (SSSR count). The molecule has 2 amide bonds. The highest BCUT2D eigenvalue weighted by Gasteiger charge is 2.25. The molecule has 3 aromatic rings. The molecule has 2 aromatic carbocycles. The Balaban J connectivity index is 1.41. The minimum atomic E-state index is -0.270. The van der Waals surface area contributed by atoms with Crippen LogP contribution in [0.5, 0.6) is 0 Å². The van der Waals surface area contributed by atoms with E-state index in [2.05, 4.69) is 20.5 Å². The molecule has 0 bridgehead atoms. The molecule has 2 heterocycles. The van der Waals surface area contributed by atoms with E-state index in [1.807, 2.05) is 42.5 Å². The molecule has 140 valence electrons. The van der Waals surface area contributed by atoms with Crippen molar-refractivity contribution in [3.63, 3.8) is 0 Å². The van der Waals surface area contributed by atoms with Gasteiger partial charge in [-0.3, -0.25) is 9.59 Å². The van der Waals surface area contributed by atoms with E-state index >= 15 is 0 Å². The van der Waals surface area contributed by atoms with Gasteiger partial charge in [-0.15, -0.1) is 0 Å². The van der Waals surface area contributed by atoms with E-state index < -0.39 is 0 Å². The molecule has 0 spiro atoms. The zero-order valence-corrected chi connectivity index (χ0v) is 15.0. The average molecular weight is 374 g/mol. The van der Waals surface area contributed by atoms with E-state index in [-0.39, 0.29) is 18.2 Å². The second kappa shape index (κ2) is 7.83. The molecule has 0 atom stereocenters. The SMILES string of the molecule is O=C(NCc1ccc(-n2cncn2)cc1)C1=NN(c2ccccc2)C(=O)CC1. The van der Waals surface area contributed by atoms with Crippen LogP contribution in [0.2, 0.25) is 0 Å². The summed E-state index contributed by atoms with van der Waals surface area (Å²) in [5, 5.41) is 12.5. The number of amides is 2. The predicted octanol–water partition coefficient (Wildman–Crippen LogP) is 2.07. The second-order valence-corrected chi connectivity index (χ2v) is 6.28. The van der Waals surface area contributed by atoms with Crippen LogP contribution in [0.25, 0.3) is 5.69 Å². The number of carbonyl (C=O) groups excluding carboxylic acids is 2. The van der Waals surface area contributed by atoms with Gasteiger partial charge in [0.1, 0.15) is 18.4 Å². The molecular formula is C20H18N6O2. The largest absolute Gasteiger partial charge is 0.347 e. The van der Waals surface area contributed by atoms with Gasteiger partial charge in [0.05, 0.1) is 11.4 Å². The van der Waals surface area contributed by atoms with Gasteiger partial charge < -0.3 is 5.32 Å². The molecule has 0 radical (unpaired) electrons. The van der Waals surface area contributed by atoms with E-state index in [1.54, 1.807) is 23.1 Å². The van der Waals surface area contributed by atoms with Crippen LogP contribution >= 0.6 is 0 Å². The van der Waals surface area contributed by atoms with Crippen LogP contribution < -0.4 is 10.3 Å². The molecule has 1 aliphatic rings. The van der Waals surface area contributed by atoms with E-state index in [0.717, 1.165) is 11.3 Å². The van der Waals surface area contributed by atoms with Gasteiger partial charge in [-0.25, -0.2) is 14.7 Å². The molecule has 0 saturated heterocycles. The molecule has 0 saturated carbocycles. The summed E-state index contributed by atoms with van der Waals surface area (Å²) in [6.45, 7) is 0.370. The van der Waals surface area contributed by atoms with Crippen LogP contribution in [-0.4, -0.2) is 32.3 Å². The third kappa shape index (κ3) is 3.80. The lowest BCUT2D eigenvalue weighted by Gasteiger charge is -2.23. The Morgan fingerprint density at radius 1 is 1.00 bits per heavy atom. The fourth-order valence-electron chi connectivity index (χ4n) is 2.88. The molecule has 1 N–H and O–H groups in total. The Kier molecular flexibility index (Phi) is 4.92. The van der Waals surface area contributed by atoms with Crippen LogP contribution in [0.3, 0.4) is 0 Å². The van der Waals surface area contributed by atoms with Crippen molar-refractivity contribution in [3.8, 4) is 5.69 Å². The summed E-state index contributed by atoms with van der Waals surface area (Å²) in [7, 11) is 0. The van der Waals surface area contributed by atoms with Gasteiger partial charge in [-0.1, -0.05) is 30.3 Å². The maximum absolute atomic E-state index is 12.5. The van der Waals surface area contributed by atoms with Crippen molar-refractivity contribution in [1.29, 1.82) is 0 Å². The van der Waals surface area contributed by atoms with Crippen molar-refractivity contribution in [2.45, 2.75) is 19.4 Å². The van der Waals surface area contributed by atoms with Crippen LogP contribution in [-0.2, 0) is 16.1 Å². The number of rotatable bonds is 5. The molecule has 1 aromatic heterocycles. The van der Waals surface area contributed by atoms with Gasteiger partial charge in [0.15, 0.2) is 0 Å². The topological polar surface area (TPSA) is 92.5 Å². The maximum atomic E-state index is 12.5. The van der Waals surface area contributed by atoms with E-state index in [4.69, 9.17) is 0 Å². The normalized spacial score (nSPS) is 13.9. The Morgan fingerprint density at radius 2 is 1.79 bits per heavy atom. The van der Waals surface area contributed by atoms with Crippen LogP contribution in [0.15, 0.2) is 72.4 Å². The smallest absolute Gasteiger partial charge is 0.267 e. The fraction of sp³-hybridized carbons (Fsp3) is 0.150. The summed E-state index contributed by atoms with van der Waals surface area (Å²) >= 11 is 0. The lowest BCUT2D eigenvalue weighted by molar-refractivity contribution is -0.119. The molecular weight excluding hydrogens is 356 g/mol. The summed E-state index contributed by atoms with van der Waals surface area (Å²) in [5.74, 6) is -0.389. The second-order valence-electron chi connectivity index (χ2n) is 6.28. The number of nitrogens with one attached hydrogen (secondary N) is 1. The number of para-hydroxylation sites is 1. The van der Waals surface area contributed by atoms with Crippen molar-refractivity contribution >= 4 is 23.2 Å². The third-order valence-corrected chi connectivity index (χ3v) is 4.37. The lowest BCUT2D eigenvalue weighted by atomic mass is 10.1. The van der Waals surface area contributed by atoms with Crippen molar-refractivity contribution in [2.24, 2.45) is 5.10 Å². The molecule has 0 unspecified atom stereocenters. The van der Waals surface area contributed by atoms with Crippen molar-refractivity contribution in [3.05, 3.63) is 72.8 Å². The standard InChI is InChI=1S/C20H18N6O2/c27-19-11-10-18(24-26(19)17-4-2-1-3-5-17)20(28)22-12-15-6-8-16(9-7-15)25-14-21-13-23-25/h1-9,13-14H,10-12H2,(H,22,28). The third-order valence-electron chi connectivity index (χ3n) is 4.37. The van der Waals surface area contributed by atoms with Gasteiger partial charge in [-0.2, -0.15) is 10.2 Å². The summed E-state index contributed by atoms with van der Waals surface area (Å²) in [5.41, 5.74) is 2.84. The molecule has 8 heteroatoms. The first-order chi connectivity index (χ1) is 13.7. The number of hydrogen-bond acceptors (Lipinski definition) is 5. The minimum absolute atomic E-state index is 0.119. The first-order valence-corrected chi connectivity index (χ1v) is 8.88. The Bertz CT molecular complexity index is 997. The number of carbonyl (C=O) groups is 2. The van der Waals surface area contributed by atoms with E-state index in [0.29, 0.717) is 24.4 Å². The zero-order valence-electron chi connectivity index (χ0n) is 15.0. The highest BCUT2D eigenvalue weighted by Crippen LogP contribution is 2.19. The van der Waals surface area contributed by atoms with Gasteiger partial charge in [0.2, 0.25) is 5.91 Å². The molecule has 28 heavy (non-hydrogen) atoms. The highest BCUT2D eigenvalue weighted by molar-refractivity contribution is 6.40. The van der Waals surface area contributed by atoms with Gasteiger partial charge in [0, 0.05) is 19.4 Å². The minimum Gasteiger partial charge on any atom is -0.347 e. The molecule has 8 nitrogen and oxygen atoms in total. The Morgan fingerprint density at radius 3 is 2.50 bits per heavy atom. The van der Waals surface area contributed by atoms with Gasteiger partial charge >= 0.3 is 0 Å². The number of hydrazone groups is 1. The molecule has 0 aliphatic carbocycles. The Labute approximate surface area is 161 Å². The zero-order chi connectivity index (χ0) is 19.3. The predicted molar refractivity (Wildman–Crippen MR) is 104 cm³/mol.